The van der Waals surface area contributed by atoms with Crippen LogP contribution in [0.15, 0.2) is 60.0 Å². The number of benzene rings is 1. The van der Waals surface area contributed by atoms with Crippen molar-refractivity contribution >= 4 is 5.96 Å². The Hall–Kier alpha value is -3.42. The SMILES string of the molecule is CCNC(=NCc1ccc(-n2ccnc2C)nc1)NCC(CC)Oc1cccc(F)c1. The average Bonchev–Trinajstić information content (AvgIpc) is 3.21. The summed E-state index contributed by atoms with van der Waals surface area (Å²) >= 11 is 0. The Morgan fingerprint density at radius 1 is 1.19 bits per heavy atom. The molecule has 0 aliphatic carbocycles. The zero-order valence-corrected chi connectivity index (χ0v) is 18.2. The van der Waals surface area contributed by atoms with E-state index in [1.54, 1.807) is 18.3 Å². The number of imidazole rings is 1. The summed E-state index contributed by atoms with van der Waals surface area (Å²) in [4.78, 5) is 13.4. The summed E-state index contributed by atoms with van der Waals surface area (Å²) in [6.07, 6.45) is 6.14. The van der Waals surface area contributed by atoms with Crippen LogP contribution in [0.1, 0.15) is 31.7 Å². The van der Waals surface area contributed by atoms with Gasteiger partial charge >= 0.3 is 0 Å². The maximum absolute atomic E-state index is 13.4. The quantitative estimate of drug-likeness (QED) is 0.405. The fraction of sp³-hybridized carbons (Fsp3) is 0.348. The molecule has 3 aromatic rings. The van der Waals surface area contributed by atoms with Crippen molar-refractivity contribution in [2.75, 3.05) is 13.1 Å². The van der Waals surface area contributed by atoms with Crippen molar-refractivity contribution in [1.29, 1.82) is 0 Å². The van der Waals surface area contributed by atoms with Gasteiger partial charge in [-0.1, -0.05) is 19.1 Å². The van der Waals surface area contributed by atoms with Crippen molar-refractivity contribution < 1.29 is 9.13 Å². The van der Waals surface area contributed by atoms with Crippen molar-refractivity contribution in [3.05, 3.63) is 72.2 Å². The van der Waals surface area contributed by atoms with Gasteiger partial charge in [-0.25, -0.2) is 19.4 Å². The molecule has 0 amide bonds. The third-order valence-electron chi connectivity index (χ3n) is 4.70. The van der Waals surface area contributed by atoms with Gasteiger partial charge in [0.25, 0.3) is 0 Å². The number of hydrogen-bond donors (Lipinski definition) is 2. The number of guanidine groups is 1. The zero-order chi connectivity index (χ0) is 22.1. The Kier molecular flexibility index (Phi) is 7.98. The molecule has 0 spiro atoms. The molecule has 31 heavy (non-hydrogen) atoms. The fourth-order valence-corrected chi connectivity index (χ4v) is 3.00. The first-order chi connectivity index (χ1) is 15.1. The Morgan fingerprint density at radius 3 is 2.71 bits per heavy atom. The van der Waals surface area contributed by atoms with Crippen LogP contribution < -0.4 is 15.4 Å². The summed E-state index contributed by atoms with van der Waals surface area (Å²) in [6.45, 7) is 7.77. The van der Waals surface area contributed by atoms with E-state index in [1.807, 2.05) is 49.9 Å². The van der Waals surface area contributed by atoms with Gasteiger partial charge in [-0.3, -0.25) is 4.57 Å². The standard InChI is InChI=1S/C23H29FN6O/c1-4-20(31-21-8-6-7-19(24)13-21)16-29-23(25-5-2)28-15-18-9-10-22(27-14-18)30-12-11-26-17(30)3/h6-14,20H,4-5,15-16H2,1-3H3,(H2,25,28,29). The molecule has 0 saturated carbocycles. The molecule has 1 aromatic carbocycles. The molecule has 8 heteroatoms. The molecule has 0 radical (unpaired) electrons. The lowest BCUT2D eigenvalue weighted by Crippen LogP contribution is -2.42. The number of nitrogens with zero attached hydrogens (tertiary/aromatic N) is 4. The minimum Gasteiger partial charge on any atom is -0.489 e. The summed E-state index contributed by atoms with van der Waals surface area (Å²) in [5, 5.41) is 6.54. The molecule has 0 fully saturated rings. The molecule has 2 aromatic heterocycles. The summed E-state index contributed by atoms with van der Waals surface area (Å²) in [5.41, 5.74) is 1.00. The number of pyridine rings is 1. The van der Waals surface area contributed by atoms with Gasteiger partial charge in [0, 0.05) is 31.2 Å². The van der Waals surface area contributed by atoms with Crippen LogP contribution >= 0.6 is 0 Å². The summed E-state index contributed by atoms with van der Waals surface area (Å²) < 4.78 is 21.2. The minimum absolute atomic E-state index is 0.106. The smallest absolute Gasteiger partial charge is 0.191 e. The van der Waals surface area contributed by atoms with Gasteiger partial charge in [-0.15, -0.1) is 0 Å². The van der Waals surface area contributed by atoms with E-state index >= 15 is 0 Å². The van der Waals surface area contributed by atoms with Crippen LogP contribution in [0.2, 0.25) is 0 Å². The van der Waals surface area contributed by atoms with Crippen molar-refractivity contribution in [3.8, 4) is 11.6 Å². The first kappa shape index (κ1) is 22.3. The number of aromatic nitrogens is 3. The highest BCUT2D eigenvalue weighted by Gasteiger charge is 2.10. The molecule has 7 nitrogen and oxygen atoms in total. The molecule has 2 heterocycles. The van der Waals surface area contributed by atoms with Crippen LogP contribution in [0.4, 0.5) is 4.39 Å². The first-order valence-electron chi connectivity index (χ1n) is 10.5. The molecule has 0 aliphatic heterocycles. The minimum atomic E-state index is -0.307. The molecular weight excluding hydrogens is 395 g/mol. The second kappa shape index (κ2) is 11.1. The number of nitrogens with one attached hydrogen (secondary N) is 2. The number of rotatable bonds is 9. The third kappa shape index (κ3) is 6.53. The van der Waals surface area contributed by atoms with Gasteiger partial charge < -0.3 is 15.4 Å². The summed E-state index contributed by atoms with van der Waals surface area (Å²) in [6, 6.07) is 10.2. The highest BCUT2D eigenvalue weighted by molar-refractivity contribution is 5.79. The maximum Gasteiger partial charge on any atom is 0.191 e. The first-order valence-corrected chi connectivity index (χ1v) is 10.5. The molecule has 1 atom stereocenters. The lowest BCUT2D eigenvalue weighted by molar-refractivity contribution is 0.198. The molecule has 3 rings (SSSR count). The second-order valence-corrected chi connectivity index (χ2v) is 7.05. The normalized spacial score (nSPS) is 12.5. The summed E-state index contributed by atoms with van der Waals surface area (Å²) in [5.74, 6) is 2.63. The Balaban J connectivity index is 1.58. The van der Waals surface area contributed by atoms with Gasteiger partial charge in [0.05, 0.1) is 13.1 Å². The Morgan fingerprint density at radius 2 is 2.06 bits per heavy atom. The van der Waals surface area contributed by atoms with Crippen molar-refractivity contribution in [3.63, 3.8) is 0 Å². The van der Waals surface area contributed by atoms with Crippen molar-refractivity contribution in [2.24, 2.45) is 4.99 Å². The predicted octanol–water partition coefficient (Wildman–Crippen LogP) is 3.63. The zero-order valence-electron chi connectivity index (χ0n) is 18.2. The number of hydrogen-bond acceptors (Lipinski definition) is 4. The van der Waals surface area contributed by atoms with Gasteiger partial charge in [0.15, 0.2) is 5.96 Å². The number of halogens is 1. The molecule has 164 valence electrons. The van der Waals surface area contributed by atoms with E-state index in [9.17, 15) is 4.39 Å². The van der Waals surface area contributed by atoms with Gasteiger partial charge in [-0.2, -0.15) is 0 Å². The lowest BCUT2D eigenvalue weighted by Gasteiger charge is -2.20. The number of ether oxygens (including phenoxy) is 1. The number of aryl methyl sites for hydroxylation is 1. The van der Waals surface area contributed by atoms with E-state index < -0.39 is 0 Å². The molecule has 0 aliphatic rings. The molecular formula is C23H29FN6O. The predicted molar refractivity (Wildman–Crippen MR) is 120 cm³/mol. The van der Waals surface area contributed by atoms with E-state index in [0.29, 0.717) is 24.8 Å². The fourth-order valence-electron chi connectivity index (χ4n) is 3.00. The van der Waals surface area contributed by atoms with Crippen molar-refractivity contribution in [2.45, 2.75) is 39.8 Å². The van der Waals surface area contributed by atoms with Gasteiger partial charge in [-0.05, 0) is 44.0 Å². The van der Waals surface area contributed by atoms with Crippen LogP contribution in [0.25, 0.3) is 5.82 Å². The van der Waals surface area contributed by atoms with E-state index in [1.165, 1.54) is 12.1 Å². The van der Waals surface area contributed by atoms with E-state index in [4.69, 9.17) is 4.74 Å². The van der Waals surface area contributed by atoms with Gasteiger partial charge in [0.2, 0.25) is 0 Å². The highest BCUT2D eigenvalue weighted by atomic mass is 19.1. The van der Waals surface area contributed by atoms with Crippen LogP contribution in [0.5, 0.6) is 5.75 Å². The van der Waals surface area contributed by atoms with Crippen LogP contribution in [-0.4, -0.2) is 39.7 Å². The summed E-state index contributed by atoms with van der Waals surface area (Å²) in [7, 11) is 0. The molecule has 1 unspecified atom stereocenters. The molecule has 2 N–H and O–H groups in total. The van der Waals surface area contributed by atoms with Crippen LogP contribution in [0, 0.1) is 12.7 Å². The lowest BCUT2D eigenvalue weighted by atomic mass is 10.2. The topological polar surface area (TPSA) is 76.4 Å². The van der Waals surface area contributed by atoms with Crippen LogP contribution in [-0.2, 0) is 6.54 Å². The Labute approximate surface area is 182 Å². The second-order valence-electron chi connectivity index (χ2n) is 7.05. The highest BCUT2D eigenvalue weighted by Crippen LogP contribution is 2.15. The third-order valence-corrected chi connectivity index (χ3v) is 4.70. The molecule has 0 bridgehead atoms. The monoisotopic (exact) mass is 424 g/mol. The van der Waals surface area contributed by atoms with Crippen molar-refractivity contribution in [1.82, 2.24) is 25.2 Å². The van der Waals surface area contributed by atoms with Gasteiger partial charge in [0.1, 0.15) is 29.3 Å². The van der Waals surface area contributed by atoms with E-state index in [0.717, 1.165) is 30.2 Å². The van der Waals surface area contributed by atoms with E-state index in [-0.39, 0.29) is 11.9 Å². The number of aliphatic imine (C=N–C) groups is 1. The van der Waals surface area contributed by atoms with E-state index in [2.05, 4.69) is 25.6 Å². The van der Waals surface area contributed by atoms with Crippen LogP contribution in [0.3, 0.4) is 0 Å². The average molecular weight is 425 g/mol. The maximum atomic E-state index is 13.4. The Bertz CT molecular complexity index is 986. The largest absolute Gasteiger partial charge is 0.489 e. The molecule has 0 saturated heterocycles.